The average molecular weight is 317 g/mol. The maximum absolute atomic E-state index is 3.55. The highest BCUT2D eigenvalue weighted by atomic mass is 127. The van der Waals surface area contributed by atoms with Crippen molar-refractivity contribution < 1.29 is 0 Å². The van der Waals surface area contributed by atoms with E-state index in [2.05, 4.69) is 72.9 Å². The first kappa shape index (κ1) is 13.0. The Balaban J connectivity index is 2.74. The Morgan fingerprint density at radius 2 is 1.80 bits per heavy atom. The fraction of sp³-hybridized carbons (Fsp3) is 0.538. The van der Waals surface area contributed by atoms with Crippen LogP contribution in [0.25, 0.3) is 0 Å². The molecule has 1 unspecified atom stereocenters. The molecule has 1 aromatic carbocycles. The Kier molecular flexibility index (Phi) is 5.61. The predicted molar refractivity (Wildman–Crippen MR) is 75.0 cm³/mol. The van der Waals surface area contributed by atoms with Crippen LogP contribution in [0.1, 0.15) is 38.8 Å². The van der Waals surface area contributed by atoms with E-state index in [0.29, 0.717) is 6.04 Å². The van der Waals surface area contributed by atoms with Gasteiger partial charge in [0, 0.05) is 9.61 Å². The van der Waals surface area contributed by atoms with Crippen LogP contribution in [0.15, 0.2) is 24.3 Å². The molecule has 1 nitrogen and oxygen atoms in total. The van der Waals surface area contributed by atoms with Crippen molar-refractivity contribution in [3.05, 3.63) is 33.4 Å². The summed E-state index contributed by atoms with van der Waals surface area (Å²) in [5.41, 5.74) is 1.41. The Labute approximate surface area is 107 Å². The van der Waals surface area contributed by atoms with Gasteiger partial charge in [-0.15, -0.1) is 0 Å². The SMILES string of the molecule is CCNC(CC(C)C)c1ccc(I)cc1. The summed E-state index contributed by atoms with van der Waals surface area (Å²) in [7, 11) is 0. The van der Waals surface area contributed by atoms with Crippen molar-refractivity contribution in [2.24, 2.45) is 5.92 Å². The Morgan fingerprint density at radius 1 is 1.20 bits per heavy atom. The third-order valence-corrected chi connectivity index (χ3v) is 3.15. The highest BCUT2D eigenvalue weighted by Crippen LogP contribution is 2.21. The summed E-state index contributed by atoms with van der Waals surface area (Å²) < 4.78 is 1.30. The van der Waals surface area contributed by atoms with E-state index in [-0.39, 0.29) is 0 Å². The Morgan fingerprint density at radius 3 is 2.27 bits per heavy atom. The summed E-state index contributed by atoms with van der Waals surface area (Å²) >= 11 is 2.35. The molecule has 15 heavy (non-hydrogen) atoms. The predicted octanol–water partition coefficient (Wildman–Crippen LogP) is 3.99. The zero-order valence-corrected chi connectivity index (χ0v) is 11.9. The van der Waals surface area contributed by atoms with Gasteiger partial charge in [-0.2, -0.15) is 0 Å². The van der Waals surface area contributed by atoms with Gasteiger partial charge in [0.05, 0.1) is 0 Å². The second kappa shape index (κ2) is 6.48. The summed E-state index contributed by atoms with van der Waals surface area (Å²) in [6, 6.07) is 9.34. The molecule has 1 aromatic rings. The minimum Gasteiger partial charge on any atom is -0.310 e. The van der Waals surface area contributed by atoms with Gasteiger partial charge >= 0.3 is 0 Å². The lowest BCUT2D eigenvalue weighted by atomic mass is 9.97. The topological polar surface area (TPSA) is 12.0 Å². The van der Waals surface area contributed by atoms with Gasteiger partial charge in [0.1, 0.15) is 0 Å². The van der Waals surface area contributed by atoms with Gasteiger partial charge in [-0.3, -0.25) is 0 Å². The lowest BCUT2D eigenvalue weighted by molar-refractivity contribution is 0.438. The zero-order chi connectivity index (χ0) is 11.3. The van der Waals surface area contributed by atoms with Gasteiger partial charge in [-0.1, -0.05) is 32.9 Å². The van der Waals surface area contributed by atoms with E-state index in [0.717, 1.165) is 12.5 Å². The molecule has 0 aliphatic heterocycles. The Bertz CT molecular complexity index is 279. The quantitative estimate of drug-likeness (QED) is 0.810. The number of benzene rings is 1. The van der Waals surface area contributed by atoms with E-state index in [4.69, 9.17) is 0 Å². The zero-order valence-electron chi connectivity index (χ0n) is 9.76. The van der Waals surface area contributed by atoms with Gasteiger partial charge in [0.15, 0.2) is 0 Å². The molecule has 0 aromatic heterocycles. The third kappa shape index (κ3) is 4.51. The van der Waals surface area contributed by atoms with Crippen molar-refractivity contribution in [3.63, 3.8) is 0 Å². The maximum Gasteiger partial charge on any atom is 0.0322 e. The van der Waals surface area contributed by atoms with Crippen molar-refractivity contribution in [2.45, 2.75) is 33.2 Å². The first-order valence-corrected chi connectivity index (χ1v) is 6.70. The van der Waals surface area contributed by atoms with E-state index in [9.17, 15) is 0 Å². The second-order valence-corrected chi connectivity index (χ2v) is 5.54. The number of hydrogen-bond acceptors (Lipinski definition) is 1. The van der Waals surface area contributed by atoms with Crippen LogP contribution < -0.4 is 5.32 Å². The lowest BCUT2D eigenvalue weighted by Crippen LogP contribution is -2.22. The van der Waals surface area contributed by atoms with Crippen molar-refractivity contribution >= 4 is 22.6 Å². The second-order valence-electron chi connectivity index (χ2n) is 4.29. The summed E-state index contributed by atoms with van der Waals surface area (Å²) in [5, 5.41) is 3.55. The molecule has 0 aliphatic carbocycles. The third-order valence-electron chi connectivity index (χ3n) is 2.43. The molecule has 0 heterocycles. The van der Waals surface area contributed by atoms with Crippen LogP contribution >= 0.6 is 22.6 Å². The van der Waals surface area contributed by atoms with Crippen LogP contribution in [0.2, 0.25) is 0 Å². The van der Waals surface area contributed by atoms with E-state index in [1.54, 1.807) is 0 Å². The lowest BCUT2D eigenvalue weighted by Gasteiger charge is -2.20. The smallest absolute Gasteiger partial charge is 0.0322 e. The van der Waals surface area contributed by atoms with Crippen molar-refractivity contribution in [1.82, 2.24) is 5.32 Å². The molecule has 1 atom stereocenters. The monoisotopic (exact) mass is 317 g/mol. The van der Waals surface area contributed by atoms with E-state index >= 15 is 0 Å². The van der Waals surface area contributed by atoms with Gasteiger partial charge in [0.25, 0.3) is 0 Å². The number of hydrogen-bond donors (Lipinski definition) is 1. The normalized spacial score (nSPS) is 13.1. The molecule has 0 saturated carbocycles. The number of nitrogens with one attached hydrogen (secondary N) is 1. The largest absolute Gasteiger partial charge is 0.310 e. The van der Waals surface area contributed by atoms with Crippen LogP contribution in [-0.4, -0.2) is 6.54 Å². The van der Waals surface area contributed by atoms with Crippen LogP contribution in [0, 0.1) is 9.49 Å². The Hall–Kier alpha value is -0.0900. The molecule has 0 bridgehead atoms. The highest BCUT2D eigenvalue weighted by molar-refractivity contribution is 14.1. The molecule has 84 valence electrons. The first-order valence-electron chi connectivity index (χ1n) is 5.62. The molecule has 0 spiro atoms. The molecular weight excluding hydrogens is 297 g/mol. The van der Waals surface area contributed by atoms with Gasteiger partial charge in [-0.05, 0) is 59.2 Å². The summed E-state index contributed by atoms with van der Waals surface area (Å²) in [5.74, 6) is 0.730. The van der Waals surface area contributed by atoms with Gasteiger partial charge < -0.3 is 5.32 Å². The van der Waals surface area contributed by atoms with Gasteiger partial charge in [0.2, 0.25) is 0 Å². The fourth-order valence-electron chi connectivity index (χ4n) is 1.75. The minimum absolute atomic E-state index is 0.506. The van der Waals surface area contributed by atoms with Gasteiger partial charge in [-0.25, -0.2) is 0 Å². The molecular formula is C13H20IN. The van der Waals surface area contributed by atoms with Crippen molar-refractivity contribution in [1.29, 1.82) is 0 Å². The molecule has 0 saturated heterocycles. The molecule has 2 heteroatoms. The fourth-order valence-corrected chi connectivity index (χ4v) is 2.11. The van der Waals surface area contributed by atoms with E-state index < -0.39 is 0 Å². The highest BCUT2D eigenvalue weighted by Gasteiger charge is 2.11. The molecule has 1 N–H and O–H groups in total. The molecule has 0 amide bonds. The standard InChI is InChI=1S/C13H20IN/c1-4-15-13(9-10(2)3)11-5-7-12(14)8-6-11/h5-8,10,13,15H,4,9H2,1-3H3. The van der Waals surface area contributed by atoms with E-state index in [1.807, 2.05) is 0 Å². The van der Waals surface area contributed by atoms with Crippen molar-refractivity contribution in [2.75, 3.05) is 6.54 Å². The van der Waals surface area contributed by atoms with Crippen LogP contribution in [0.3, 0.4) is 0 Å². The molecule has 0 fully saturated rings. The molecule has 0 radical (unpaired) electrons. The number of halogens is 1. The summed E-state index contributed by atoms with van der Waals surface area (Å²) in [4.78, 5) is 0. The maximum atomic E-state index is 3.55. The van der Waals surface area contributed by atoms with Crippen LogP contribution in [-0.2, 0) is 0 Å². The minimum atomic E-state index is 0.506. The molecule has 0 aliphatic rings. The van der Waals surface area contributed by atoms with Crippen LogP contribution in [0.5, 0.6) is 0 Å². The number of rotatable bonds is 5. The van der Waals surface area contributed by atoms with Crippen molar-refractivity contribution in [3.8, 4) is 0 Å². The first-order chi connectivity index (χ1) is 7.13. The van der Waals surface area contributed by atoms with E-state index in [1.165, 1.54) is 15.6 Å². The summed E-state index contributed by atoms with van der Waals surface area (Å²) in [6.07, 6.45) is 1.20. The molecule has 1 rings (SSSR count). The average Bonchev–Trinajstić information content (AvgIpc) is 2.17. The summed E-state index contributed by atoms with van der Waals surface area (Å²) in [6.45, 7) is 7.75. The van der Waals surface area contributed by atoms with Crippen LogP contribution in [0.4, 0.5) is 0 Å².